The van der Waals surface area contributed by atoms with Crippen LogP contribution in [-0.4, -0.2) is 93.4 Å². The molecule has 3 atom stereocenters. The summed E-state index contributed by atoms with van der Waals surface area (Å²) in [5.41, 5.74) is 2.28. The maximum Gasteiger partial charge on any atom is 0.259 e. The second-order valence-corrected chi connectivity index (χ2v) is 17.2. The minimum absolute atomic E-state index is 0.0410. The number of rotatable bonds is 28. The Balaban J connectivity index is 1.34. The average molecular weight is 832 g/mol. The summed E-state index contributed by atoms with van der Waals surface area (Å²) in [5, 5.41) is 0. The molecule has 1 unspecified atom stereocenters. The normalized spacial score (nSPS) is 16.2. The molecule has 324 valence electrons. The Morgan fingerprint density at radius 2 is 1.37 bits per heavy atom. The van der Waals surface area contributed by atoms with Gasteiger partial charge in [0.1, 0.15) is 23.7 Å². The molecule has 0 bridgehead atoms. The topological polar surface area (TPSA) is 83.3 Å². The first-order chi connectivity index (χ1) is 28.7. The second kappa shape index (κ2) is 25.9. The van der Waals surface area contributed by atoms with Crippen LogP contribution in [0.5, 0.6) is 11.5 Å². The third-order valence-corrected chi connectivity index (χ3v) is 13.0. The molecule has 1 aliphatic rings. The monoisotopic (exact) mass is 831 g/mol. The summed E-state index contributed by atoms with van der Waals surface area (Å²) >= 11 is 0. The Morgan fingerprint density at radius 3 is 1.93 bits per heavy atom. The molecule has 0 spiro atoms. The van der Waals surface area contributed by atoms with Crippen molar-refractivity contribution in [3.8, 4) is 11.5 Å². The Labute approximate surface area is 356 Å². The largest absolute Gasteiger partial charge is 0.497 e. The fourth-order valence-corrected chi connectivity index (χ4v) is 9.56. The third-order valence-electron chi connectivity index (χ3n) is 10.8. The first kappa shape index (κ1) is 48.1. The third kappa shape index (κ3) is 14.3. The number of benzene rings is 3. The van der Waals surface area contributed by atoms with Crippen molar-refractivity contribution in [1.82, 2.24) is 9.57 Å². The van der Waals surface area contributed by atoms with Gasteiger partial charge in [-0.25, -0.2) is 11.2 Å². The average Bonchev–Trinajstić information content (AvgIpc) is 3.65. The summed E-state index contributed by atoms with van der Waals surface area (Å²) < 4.78 is 39.5. The number of methoxy groups -OCH3 is 2. The van der Waals surface area contributed by atoms with Gasteiger partial charge in [0.2, 0.25) is 12.5 Å². The molecule has 1 fully saturated rings. The van der Waals surface area contributed by atoms with Gasteiger partial charge in [-0.1, -0.05) is 93.6 Å². The number of carbonyl (C=O) groups is 1. The highest BCUT2D eigenvalue weighted by Gasteiger charge is 2.40. The van der Waals surface area contributed by atoms with E-state index in [1.165, 1.54) is 0 Å². The molecule has 1 heterocycles. The van der Waals surface area contributed by atoms with E-state index in [1.54, 1.807) is 14.2 Å². The molecule has 3 aromatic rings. The molecule has 11 heteroatoms. The van der Waals surface area contributed by atoms with E-state index >= 15 is 0 Å². The maximum atomic E-state index is 13.6. The predicted octanol–water partition coefficient (Wildman–Crippen LogP) is 10.8. The molecular formula is C48H70N3O7P. The number of likely N-dealkylation sites (tertiary alicyclic amines) is 1. The van der Waals surface area contributed by atoms with Crippen molar-refractivity contribution in [1.29, 1.82) is 0 Å². The Kier molecular flexibility index (Phi) is 21.2. The fraction of sp³-hybridized carbons (Fsp3) is 0.583. The summed E-state index contributed by atoms with van der Waals surface area (Å²) in [5.74, 6) is 1.77. The van der Waals surface area contributed by atoms with Crippen molar-refractivity contribution in [2.45, 2.75) is 129 Å². The van der Waals surface area contributed by atoms with Gasteiger partial charge >= 0.3 is 0 Å². The highest BCUT2D eigenvalue weighted by Crippen LogP contribution is 2.48. The van der Waals surface area contributed by atoms with Crippen molar-refractivity contribution in [3.05, 3.63) is 107 Å². The number of ether oxygens (including phenoxy) is 4. The zero-order chi connectivity index (χ0) is 42.5. The van der Waals surface area contributed by atoms with Gasteiger partial charge in [-0.3, -0.25) is 4.79 Å². The van der Waals surface area contributed by atoms with Gasteiger partial charge in [-0.15, -0.1) is 0 Å². The molecule has 1 saturated heterocycles. The standard InChI is InChI=1S/C48H70N3O7P/c1-9-10-11-17-22-47(52)50-36-46(58-59(57-34-31-49-6)51(38(2)3)39(4)5)35-43(50)37-55-32-18-12-13-19-33-56-48(40-20-15-14-16-21-40,41-23-27-44(53-7)28-24-41)42-25-29-45(54-8)30-26-42/h14-16,20-21,23-30,38-39,43,46H,9-13,17-19,22,31-37H2,1-5,7-8H3/t43-,46+,59?/m0/s1. The summed E-state index contributed by atoms with van der Waals surface area (Å²) in [6, 6.07) is 27.1. The Hall–Kier alpha value is -3.55. The molecule has 0 saturated carbocycles. The lowest BCUT2D eigenvalue weighted by Crippen LogP contribution is -2.38. The van der Waals surface area contributed by atoms with Crippen LogP contribution in [0.4, 0.5) is 0 Å². The van der Waals surface area contributed by atoms with Crippen LogP contribution in [0.3, 0.4) is 0 Å². The van der Waals surface area contributed by atoms with E-state index < -0.39 is 14.1 Å². The number of nitrogens with zero attached hydrogens (tertiary/aromatic N) is 3. The summed E-state index contributed by atoms with van der Waals surface area (Å²) in [4.78, 5) is 19.0. The predicted molar refractivity (Wildman–Crippen MR) is 238 cm³/mol. The smallest absolute Gasteiger partial charge is 0.259 e. The molecule has 1 amide bonds. The lowest BCUT2D eigenvalue weighted by Gasteiger charge is -2.36. The molecule has 0 aromatic heterocycles. The summed E-state index contributed by atoms with van der Waals surface area (Å²) in [6.45, 7) is 20.8. The van der Waals surface area contributed by atoms with Gasteiger partial charge in [-0.2, -0.15) is 0 Å². The first-order valence-corrected chi connectivity index (χ1v) is 22.9. The van der Waals surface area contributed by atoms with E-state index in [1.807, 2.05) is 35.2 Å². The van der Waals surface area contributed by atoms with Gasteiger partial charge < -0.3 is 37.7 Å². The highest BCUT2D eigenvalue weighted by atomic mass is 31.2. The van der Waals surface area contributed by atoms with Gasteiger partial charge in [0.05, 0.1) is 33.0 Å². The van der Waals surface area contributed by atoms with E-state index in [0.29, 0.717) is 52.4 Å². The van der Waals surface area contributed by atoms with Gasteiger partial charge in [0.15, 0.2) is 0 Å². The van der Waals surface area contributed by atoms with Gasteiger partial charge in [-0.05, 0) is 94.3 Å². The van der Waals surface area contributed by atoms with Gasteiger partial charge in [0, 0.05) is 38.3 Å². The number of hydrogen-bond donors (Lipinski definition) is 0. The number of amides is 1. The molecule has 0 N–H and O–H groups in total. The van der Waals surface area contributed by atoms with Crippen molar-refractivity contribution in [2.75, 3.05) is 53.7 Å². The lowest BCUT2D eigenvalue weighted by atomic mass is 9.80. The summed E-state index contributed by atoms with van der Waals surface area (Å²) in [6.07, 6.45) is 9.19. The zero-order valence-electron chi connectivity index (χ0n) is 36.8. The van der Waals surface area contributed by atoms with Crippen molar-refractivity contribution in [2.24, 2.45) is 0 Å². The van der Waals surface area contributed by atoms with Crippen molar-refractivity contribution >= 4 is 14.4 Å². The van der Waals surface area contributed by atoms with Crippen LogP contribution in [0.25, 0.3) is 4.85 Å². The van der Waals surface area contributed by atoms with E-state index in [4.69, 9.17) is 34.6 Å². The minimum atomic E-state index is -1.39. The highest BCUT2D eigenvalue weighted by molar-refractivity contribution is 7.44. The maximum absolute atomic E-state index is 13.6. The van der Waals surface area contributed by atoms with E-state index in [0.717, 1.165) is 79.6 Å². The molecule has 4 rings (SSSR count). The fourth-order valence-electron chi connectivity index (χ4n) is 7.86. The van der Waals surface area contributed by atoms with Crippen molar-refractivity contribution in [3.63, 3.8) is 0 Å². The van der Waals surface area contributed by atoms with E-state index in [9.17, 15) is 4.79 Å². The molecule has 10 nitrogen and oxygen atoms in total. The lowest BCUT2D eigenvalue weighted by molar-refractivity contribution is -0.133. The Morgan fingerprint density at radius 1 is 0.797 bits per heavy atom. The molecule has 0 radical (unpaired) electrons. The van der Waals surface area contributed by atoms with Crippen LogP contribution < -0.4 is 9.47 Å². The van der Waals surface area contributed by atoms with Gasteiger partial charge in [0.25, 0.3) is 8.53 Å². The minimum Gasteiger partial charge on any atom is -0.497 e. The first-order valence-electron chi connectivity index (χ1n) is 21.7. The van der Waals surface area contributed by atoms with Crippen LogP contribution in [0.1, 0.15) is 116 Å². The summed E-state index contributed by atoms with van der Waals surface area (Å²) in [7, 11) is 1.97. The number of carbonyl (C=O) groups excluding carboxylic acids is 1. The van der Waals surface area contributed by atoms with Crippen LogP contribution >= 0.6 is 8.53 Å². The Bertz CT molecular complexity index is 1600. The van der Waals surface area contributed by atoms with Crippen molar-refractivity contribution < 1.29 is 32.8 Å². The quantitative estimate of drug-likeness (QED) is 0.0310. The van der Waals surface area contributed by atoms with Crippen LogP contribution in [0, 0.1) is 6.57 Å². The molecule has 1 aliphatic heterocycles. The second-order valence-electron chi connectivity index (χ2n) is 15.8. The SMILES string of the molecule is [C-]#[N+]CCOP(O[C@@H]1C[C@@H](COCCCCCCOC(c2ccccc2)(c2ccc(OC)cc2)c2ccc(OC)cc2)N(C(=O)CCCCCC)C1)N(C(C)C)C(C)C. The number of unbranched alkanes of at least 4 members (excludes halogenated alkanes) is 6. The molecular weight excluding hydrogens is 762 g/mol. The molecule has 3 aromatic carbocycles. The van der Waals surface area contributed by atoms with E-state index in [-0.39, 0.29) is 30.1 Å². The van der Waals surface area contributed by atoms with Crippen LogP contribution in [-0.2, 0) is 28.9 Å². The van der Waals surface area contributed by atoms with Crippen LogP contribution in [0.2, 0.25) is 0 Å². The molecule has 0 aliphatic carbocycles. The molecule has 59 heavy (non-hydrogen) atoms. The zero-order valence-corrected chi connectivity index (χ0v) is 37.7. The van der Waals surface area contributed by atoms with Crippen LogP contribution in [0.15, 0.2) is 78.9 Å². The number of hydrogen-bond acceptors (Lipinski definition) is 8. The van der Waals surface area contributed by atoms with E-state index in [2.05, 4.69) is 92.7 Å².